The van der Waals surface area contributed by atoms with E-state index >= 15 is 0 Å². The molecule has 0 aliphatic carbocycles. The van der Waals surface area contributed by atoms with Gasteiger partial charge in [0, 0.05) is 18.9 Å². The first kappa shape index (κ1) is 22.2. The fourth-order valence-corrected chi connectivity index (χ4v) is 5.41. The van der Waals surface area contributed by atoms with E-state index in [4.69, 9.17) is 16.6 Å². The Labute approximate surface area is 193 Å². The van der Waals surface area contributed by atoms with E-state index in [0.29, 0.717) is 16.8 Å². The molecule has 3 aromatic rings. The number of likely N-dealkylation sites (tertiary alicyclic amines) is 1. The van der Waals surface area contributed by atoms with Gasteiger partial charge < -0.3 is 14.4 Å². The highest BCUT2D eigenvalue weighted by Gasteiger charge is 2.30. The summed E-state index contributed by atoms with van der Waals surface area (Å²) in [5.74, 6) is -0.0733. The minimum absolute atomic E-state index is 0.0733. The van der Waals surface area contributed by atoms with E-state index in [1.807, 2.05) is 38.1 Å². The highest BCUT2D eigenvalue weighted by atomic mass is 35.5. The van der Waals surface area contributed by atoms with E-state index in [2.05, 4.69) is 42.2 Å². The predicted molar refractivity (Wildman–Crippen MR) is 130 cm³/mol. The lowest BCUT2D eigenvalue weighted by molar-refractivity contribution is -0.895. The van der Waals surface area contributed by atoms with Crippen LogP contribution < -0.4 is 5.32 Å². The summed E-state index contributed by atoms with van der Waals surface area (Å²) in [6.07, 6.45) is 2.22. The Balaban J connectivity index is 1.57. The number of carbonyl (C=O) groups excluding carboxylic acids is 1. The number of para-hydroxylation sites is 2. The number of piperidine rings is 1. The van der Waals surface area contributed by atoms with Gasteiger partial charge in [-0.1, -0.05) is 41.6 Å². The molecule has 31 heavy (non-hydrogen) atoms. The summed E-state index contributed by atoms with van der Waals surface area (Å²) >= 11 is 7.82. The van der Waals surface area contributed by atoms with Crippen LogP contribution >= 0.6 is 23.4 Å². The van der Waals surface area contributed by atoms with Gasteiger partial charge in [-0.15, -0.1) is 0 Å². The van der Waals surface area contributed by atoms with E-state index in [1.54, 1.807) is 0 Å². The summed E-state index contributed by atoms with van der Waals surface area (Å²) in [5.41, 5.74) is 3.84. The molecule has 1 aromatic heterocycles. The van der Waals surface area contributed by atoms with Gasteiger partial charge in [0.15, 0.2) is 5.16 Å². The first-order chi connectivity index (χ1) is 14.7. The number of imidazole rings is 1. The van der Waals surface area contributed by atoms with Gasteiger partial charge in [-0.2, -0.15) is 0 Å². The summed E-state index contributed by atoms with van der Waals surface area (Å²) in [6.45, 7) is 6.19. The number of thioether (sulfide) groups is 1. The molecule has 5 nitrogen and oxygen atoms in total. The molecule has 1 unspecified atom stereocenters. The summed E-state index contributed by atoms with van der Waals surface area (Å²) in [5, 5.41) is 4.14. The molecule has 4 rings (SSSR count). The zero-order valence-corrected chi connectivity index (χ0v) is 20.1. The number of quaternary nitrogens is 1. The molecule has 2 aromatic carbocycles. The number of hydrogen-bond acceptors (Lipinski definition) is 3. The zero-order valence-electron chi connectivity index (χ0n) is 18.6. The molecular formula is C24H30ClN4OS+. The Bertz CT molecular complexity index is 1100. The summed E-state index contributed by atoms with van der Waals surface area (Å²) in [4.78, 5) is 17.8. The monoisotopic (exact) mass is 457 g/mol. The number of rotatable bonds is 5. The molecule has 2 heterocycles. The van der Waals surface area contributed by atoms with Crippen molar-refractivity contribution < 1.29 is 9.28 Å². The van der Waals surface area contributed by atoms with Crippen molar-refractivity contribution in [3.8, 4) is 0 Å². The van der Waals surface area contributed by atoms with Crippen molar-refractivity contribution in [2.24, 2.45) is 0 Å². The number of aromatic nitrogens is 2. The fraction of sp³-hybridized carbons (Fsp3) is 0.417. The third-order valence-corrected chi connectivity index (χ3v) is 7.48. The standard InChI is InChI=1S/C24H29ClN4OS/c1-16-9-10-20(19(25)15-16)26-23(30)17(2)31-24-27-21-7-5-6-8-22(21)28(24)18-11-13-29(3,4)14-12-18/h5-10,15,17-18H,11-14H2,1-4H3/p+1. The number of anilines is 1. The molecule has 164 valence electrons. The second kappa shape index (κ2) is 8.85. The van der Waals surface area contributed by atoms with E-state index in [9.17, 15) is 4.79 Å². The van der Waals surface area contributed by atoms with Crippen LogP contribution in [0.5, 0.6) is 0 Å². The van der Waals surface area contributed by atoms with Crippen LogP contribution in [0.25, 0.3) is 11.0 Å². The summed E-state index contributed by atoms with van der Waals surface area (Å²) < 4.78 is 3.42. The smallest absolute Gasteiger partial charge is 0.237 e. The van der Waals surface area contributed by atoms with Gasteiger partial charge in [0.05, 0.1) is 54.2 Å². The van der Waals surface area contributed by atoms with Gasteiger partial charge in [0.2, 0.25) is 5.91 Å². The molecule has 0 spiro atoms. The Hall–Kier alpha value is -2.02. The molecule has 1 aliphatic heterocycles. The number of nitrogens with one attached hydrogen (secondary N) is 1. The normalized spacial score (nSPS) is 17.6. The van der Waals surface area contributed by atoms with Crippen LogP contribution in [-0.2, 0) is 4.79 Å². The predicted octanol–water partition coefficient (Wildman–Crippen LogP) is 5.53. The van der Waals surface area contributed by atoms with Gasteiger partial charge in [-0.05, 0) is 43.7 Å². The first-order valence-electron chi connectivity index (χ1n) is 10.8. The van der Waals surface area contributed by atoms with Crippen molar-refractivity contribution in [2.75, 3.05) is 32.5 Å². The fourth-order valence-electron chi connectivity index (χ4n) is 4.14. The van der Waals surface area contributed by atoms with Crippen molar-refractivity contribution in [1.82, 2.24) is 9.55 Å². The molecule has 1 saturated heterocycles. The second-order valence-electron chi connectivity index (χ2n) is 9.10. The highest BCUT2D eigenvalue weighted by Crippen LogP contribution is 2.35. The van der Waals surface area contributed by atoms with Crippen molar-refractivity contribution in [3.63, 3.8) is 0 Å². The summed E-state index contributed by atoms with van der Waals surface area (Å²) in [6, 6.07) is 14.3. The maximum atomic E-state index is 12.9. The lowest BCUT2D eigenvalue weighted by Crippen LogP contribution is -2.46. The van der Waals surface area contributed by atoms with Gasteiger partial charge in [0.1, 0.15) is 0 Å². The number of carbonyl (C=O) groups is 1. The molecule has 0 radical (unpaired) electrons. The van der Waals surface area contributed by atoms with Crippen molar-refractivity contribution in [3.05, 3.63) is 53.1 Å². The molecule has 1 fully saturated rings. The SMILES string of the molecule is Cc1ccc(NC(=O)C(C)Sc2nc3ccccc3n2C2CC[N+](C)(C)CC2)c(Cl)c1. The number of aryl methyl sites for hydroxylation is 1. The summed E-state index contributed by atoms with van der Waals surface area (Å²) in [7, 11) is 4.58. The van der Waals surface area contributed by atoms with Crippen LogP contribution in [0, 0.1) is 6.92 Å². The maximum absolute atomic E-state index is 12.9. The average molecular weight is 458 g/mol. The van der Waals surface area contributed by atoms with Crippen molar-refractivity contribution in [2.45, 2.75) is 43.1 Å². The molecule has 1 N–H and O–H groups in total. The number of hydrogen-bond donors (Lipinski definition) is 1. The van der Waals surface area contributed by atoms with Gasteiger partial charge in [-0.3, -0.25) is 4.79 Å². The Morgan fingerprint density at radius 2 is 1.94 bits per heavy atom. The van der Waals surface area contributed by atoms with Crippen LogP contribution in [0.2, 0.25) is 5.02 Å². The lowest BCUT2D eigenvalue weighted by Gasteiger charge is -2.38. The van der Waals surface area contributed by atoms with Crippen molar-refractivity contribution in [1.29, 1.82) is 0 Å². The van der Waals surface area contributed by atoms with Crippen molar-refractivity contribution >= 4 is 46.0 Å². The van der Waals surface area contributed by atoms with Gasteiger partial charge in [-0.25, -0.2) is 4.98 Å². The molecule has 1 aliphatic rings. The third kappa shape index (κ3) is 4.92. The maximum Gasteiger partial charge on any atom is 0.237 e. The van der Waals surface area contributed by atoms with Crippen LogP contribution in [0.1, 0.15) is 31.4 Å². The van der Waals surface area contributed by atoms with Crippen LogP contribution in [0.4, 0.5) is 5.69 Å². The quantitative estimate of drug-likeness (QED) is 0.404. The van der Waals surface area contributed by atoms with E-state index in [0.717, 1.165) is 52.2 Å². The molecule has 0 saturated carbocycles. The minimum Gasteiger partial charge on any atom is -0.328 e. The number of benzene rings is 2. The topological polar surface area (TPSA) is 46.9 Å². The van der Waals surface area contributed by atoms with Gasteiger partial charge in [0.25, 0.3) is 0 Å². The van der Waals surface area contributed by atoms with E-state index < -0.39 is 0 Å². The minimum atomic E-state index is -0.302. The highest BCUT2D eigenvalue weighted by molar-refractivity contribution is 8.00. The van der Waals surface area contributed by atoms with E-state index in [1.165, 1.54) is 11.8 Å². The van der Waals surface area contributed by atoms with Crippen LogP contribution in [0.3, 0.4) is 0 Å². The second-order valence-corrected chi connectivity index (χ2v) is 10.8. The molecular weight excluding hydrogens is 428 g/mol. The number of halogens is 1. The number of fused-ring (bicyclic) bond motifs is 1. The average Bonchev–Trinajstić information content (AvgIpc) is 3.08. The number of amides is 1. The Morgan fingerprint density at radius 1 is 1.23 bits per heavy atom. The molecule has 0 bridgehead atoms. The molecule has 7 heteroatoms. The van der Waals surface area contributed by atoms with Crippen LogP contribution in [0.15, 0.2) is 47.6 Å². The largest absolute Gasteiger partial charge is 0.328 e. The lowest BCUT2D eigenvalue weighted by atomic mass is 10.0. The van der Waals surface area contributed by atoms with E-state index in [-0.39, 0.29) is 11.2 Å². The Morgan fingerprint density at radius 3 is 2.65 bits per heavy atom. The molecule has 1 atom stereocenters. The van der Waals surface area contributed by atoms with Crippen LogP contribution in [-0.4, -0.2) is 52.4 Å². The first-order valence-corrected chi connectivity index (χ1v) is 12.0. The molecule has 1 amide bonds. The number of nitrogens with zero attached hydrogens (tertiary/aromatic N) is 3. The van der Waals surface area contributed by atoms with Gasteiger partial charge >= 0.3 is 0 Å². The third-order valence-electron chi connectivity index (χ3n) is 6.10. The zero-order chi connectivity index (χ0) is 22.2. The Kier molecular flexibility index (Phi) is 6.33.